The van der Waals surface area contributed by atoms with Gasteiger partial charge in [-0.1, -0.05) is 30.0 Å². The van der Waals surface area contributed by atoms with Crippen LogP contribution in [0.2, 0.25) is 0 Å². The number of nitrogens with two attached hydrogens (primary N) is 1. The van der Waals surface area contributed by atoms with Gasteiger partial charge in [0, 0.05) is 16.1 Å². The van der Waals surface area contributed by atoms with Gasteiger partial charge in [0.25, 0.3) is 0 Å². The first kappa shape index (κ1) is 12.5. The fraction of sp³-hybridized carbons (Fsp3) is 0.0667. The summed E-state index contributed by atoms with van der Waals surface area (Å²) in [5.41, 5.74) is 6.89. The molecular weight excluding hydrogens is 245 g/mol. The van der Waals surface area contributed by atoms with Crippen LogP contribution in [0.3, 0.4) is 0 Å². The van der Waals surface area contributed by atoms with Crippen molar-refractivity contribution in [3.8, 4) is 11.8 Å². The topological polar surface area (TPSA) is 26.0 Å². The van der Waals surface area contributed by atoms with Gasteiger partial charge >= 0.3 is 0 Å². The lowest BCUT2D eigenvalue weighted by molar-refractivity contribution is 0.603. The quantitative estimate of drug-likeness (QED) is 0.506. The number of hydrogen-bond acceptors (Lipinski definition) is 2. The minimum Gasteiger partial charge on any atom is -0.399 e. The maximum Gasteiger partial charge on any atom is 0.138 e. The van der Waals surface area contributed by atoms with Crippen molar-refractivity contribution in [3.05, 3.63) is 59.9 Å². The number of thioether (sulfide) groups is 1. The van der Waals surface area contributed by atoms with E-state index in [1.165, 1.54) is 17.8 Å². The third-order valence-electron chi connectivity index (χ3n) is 2.26. The molecular formula is C15H12FNS. The fourth-order valence-corrected chi connectivity index (χ4v) is 2.07. The molecule has 0 aliphatic rings. The largest absolute Gasteiger partial charge is 0.399 e. The molecule has 0 aliphatic heterocycles. The van der Waals surface area contributed by atoms with Crippen LogP contribution in [0.1, 0.15) is 5.56 Å². The number of rotatable bonds is 2. The van der Waals surface area contributed by atoms with E-state index in [1.807, 2.05) is 30.3 Å². The summed E-state index contributed by atoms with van der Waals surface area (Å²) in [6.45, 7) is 0. The van der Waals surface area contributed by atoms with Crippen LogP contribution in [-0.4, -0.2) is 5.75 Å². The molecule has 2 rings (SSSR count). The maximum absolute atomic E-state index is 13.5. The summed E-state index contributed by atoms with van der Waals surface area (Å²) in [5.74, 6) is 6.30. The second-order valence-corrected chi connectivity index (χ2v) is 4.66. The van der Waals surface area contributed by atoms with E-state index in [-0.39, 0.29) is 5.82 Å². The molecule has 0 unspecified atom stereocenters. The smallest absolute Gasteiger partial charge is 0.138 e. The molecule has 0 heterocycles. The van der Waals surface area contributed by atoms with Crippen molar-refractivity contribution in [1.82, 2.24) is 0 Å². The van der Waals surface area contributed by atoms with E-state index in [1.54, 1.807) is 12.1 Å². The Hall–Kier alpha value is -1.92. The maximum atomic E-state index is 13.5. The van der Waals surface area contributed by atoms with Crippen molar-refractivity contribution in [2.75, 3.05) is 11.5 Å². The van der Waals surface area contributed by atoms with E-state index in [0.717, 1.165) is 5.56 Å². The van der Waals surface area contributed by atoms with Crippen LogP contribution in [0.4, 0.5) is 10.1 Å². The molecule has 0 spiro atoms. The molecule has 0 atom stereocenters. The van der Waals surface area contributed by atoms with Crippen LogP contribution in [0.15, 0.2) is 53.4 Å². The summed E-state index contributed by atoms with van der Waals surface area (Å²) in [7, 11) is 0. The monoisotopic (exact) mass is 257 g/mol. The van der Waals surface area contributed by atoms with E-state index in [9.17, 15) is 4.39 Å². The van der Waals surface area contributed by atoms with Gasteiger partial charge in [-0.05, 0) is 30.3 Å². The highest BCUT2D eigenvalue weighted by Gasteiger charge is 2.01. The SMILES string of the molecule is Nc1ccc(SCC#Cc2ccccc2)c(F)c1. The highest BCUT2D eigenvalue weighted by molar-refractivity contribution is 7.99. The molecule has 0 bridgehead atoms. The lowest BCUT2D eigenvalue weighted by Gasteiger charge is -2.00. The zero-order valence-corrected chi connectivity index (χ0v) is 10.5. The first-order valence-corrected chi connectivity index (χ1v) is 6.46. The van der Waals surface area contributed by atoms with Gasteiger partial charge in [-0.3, -0.25) is 0 Å². The van der Waals surface area contributed by atoms with E-state index >= 15 is 0 Å². The molecule has 1 nitrogen and oxygen atoms in total. The number of benzene rings is 2. The van der Waals surface area contributed by atoms with E-state index in [2.05, 4.69) is 11.8 Å². The van der Waals surface area contributed by atoms with Crippen LogP contribution < -0.4 is 5.73 Å². The van der Waals surface area contributed by atoms with Crippen molar-refractivity contribution in [3.63, 3.8) is 0 Å². The fourth-order valence-electron chi connectivity index (χ4n) is 1.41. The van der Waals surface area contributed by atoms with Gasteiger partial charge < -0.3 is 5.73 Å². The minimum absolute atomic E-state index is 0.290. The Kier molecular flexibility index (Phi) is 4.27. The Bertz CT molecular complexity index is 584. The summed E-state index contributed by atoms with van der Waals surface area (Å²) < 4.78 is 13.5. The van der Waals surface area contributed by atoms with Crippen molar-refractivity contribution in [2.45, 2.75) is 4.90 Å². The predicted molar refractivity (Wildman–Crippen MR) is 74.9 cm³/mol. The second-order valence-electron chi connectivity index (χ2n) is 3.65. The molecule has 2 N–H and O–H groups in total. The molecule has 18 heavy (non-hydrogen) atoms. The molecule has 3 heteroatoms. The third-order valence-corrected chi connectivity index (χ3v) is 3.19. The minimum atomic E-state index is -0.290. The summed E-state index contributed by atoms with van der Waals surface area (Å²) >= 11 is 1.37. The van der Waals surface area contributed by atoms with Crippen molar-refractivity contribution in [2.24, 2.45) is 0 Å². The highest BCUT2D eigenvalue weighted by Crippen LogP contribution is 2.22. The van der Waals surface area contributed by atoms with Crippen LogP contribution in [0.25, 0.3) is 0 Å². The van der Waals surface area contributed by atoms with Crippen LogP contribution in [0.5, 0.6) is 0 Å². The van der Waals surface area contributed by atoms with Crippen molar-refractivity contribution in [1.29, 1.82) is 0 Å². The van der Waals surface area contributed by atoms with Gasteiger partial charge in [0.1, 0.15) is 5.82 Å². The summed E-state index contributed by atoms with van der Waals surface area (Å²) in [6.07, 6.45) is 0. The average molecular weight is 257 g/mol. The van der Waals surface area contributed by atoms with Crippen LogP contribution in [-0.2, 0) is 0 Å². The molecule has 2 aromatic rings. The van der Waals surface area contributed by atoms with Crippen LogP contribution in [0, 0.1) is 17.7 Å². The van der Waals surface area contributed by atoms with Gasteiger partial charge in [0.05, 0.1) is 5.75 Å². The average Bonchev–Trinajstić information content (AvgIpc) is 2.38. The lowest BCUT2D eigenvalue weighted by atomic mass is 10.2. The molecule has 0 aromatic heterocycles. The predicted octanol–water partition coefficient (Wildman–Crippen LogP) is 3.55. The van der Waals surface area contributed by atoms with Crippen molar-refractivity contribution >= 4 is 17.4 Å². The molecule has 0 aliphatic carbocycles. The number of nitrogen functional groups attached to an aromatic ring is 1. The second kappa shape index (κ2) is 6.13. The van der Waals surface area contributed by atoms with Gasteiger partial charge in [0.15, 0.2) is 0 Å². The number of hydrogen-bond donors (Lipinski definition) is 1. The van der Waals surface area contributed by atoms with Gasteiger partial charge in [-0.15, -0.1) is 11.8 Å². The Morgan fingerprint density at radius 3 is 2.61 bits per heavy atom. The molecule has 0 radical (unpaired) electrons. The van der Waals surface area contributed by atoms with Crippen molar-refractivity contribution < 1.29 is 4.39 Å². The third kappa shape index (κ3) is 3.54. The zero-order chi connectivity index (χ0) is 12.8. The number of anilines is 1. The Morgan fingerprint density at radius 1 is 1.11 bits per heavy atom. The Balaban J connectivity index is 1.95. The van der Waals surface area contributed by atoms with E-state index in [0.29, 0.717) is 16.3 Å². The molecule has 0 saturated carbocycles. The molecule has 90 valence electrons. The lowest BCUT2D eigenvalue weighted by Crippen LogP contribution is -1.88. The molecule has 0 fully saturated rings. The Labute approximate surface area is 110 Å². The first-order valence-electron chi connectivity index (χ1n) is 5.47. The van der Waals surface area contributed by atoms with Gasteiger partial charge in [-0.2, -0.15) is 0 Å². The molecule has 0 amide bonds. The summed E-state index contributed by atoms with van der Waals surface area (Å²) in [5, 5.41) is 0. The molecule has 0 saturated heterocycles. The standard InChI is InChI=1S/C15H12FNS/c16-14-11-13(17)8-9-15(14)18-10-4-7-12-5-2-1-3-6-12/h1-3,5-6,8-9,11H,10,17H2. The summed E-state index contributed by atoms with van der Waals surface area (Å²) in [6, 6.07) is 14.4. The van der Waals surface area contributed by atoms with E-state index < -0.39 is 0 Å². The zero-order valence-electron chi connectivity index (χ0n) is 9.69. The number of halogens is 1. The van der Waals surface area contributed by atoms with Gasteiger partial charge in [0.2, 0.25) is 0 Å². The highest BCUT2D eigenvalue weighted by atomic mass is 32.2. The van der Waals surface area contributed by atoms with Gasteiger partial charge in [-0.25, -0.2) is 4.39 Å². The molecule has 2 aromatic carbocycles. The van der Waals surface area contributed by atoms with Crippen LogP contribution >= 0.6 is 11.8 Å². The van der Waals surface area contributed by atoms with E-state index in [4.69, 9.17) is 5.73 Å². The Morgan fingerprint density at radius 2 is 1.89 bits per heavy atom. The first-order chi connectivity index (χ1) is 8.75. The normalized spacial score (nSPS) is 9.61. The summed E-state index contributed by atoms with van der Waals surface area (Å²) in [4.78, 5) is 0.576.